The molecular weight excluding hydrogens is 244 g/mol. The van der Waals surface area contributed by atoms with Crippen LogP contribution in [0.5, 0.6) is 0 Å². The van der Waals surface area contributed by atoms with Crippen molar-refractivity contribution in [3.63, 3.8) is 0 Å². The smallest absolute Gasteiger partial charge is 0.0995 e. The van der Waals surface area contributed by atoms with E-state index in [9.17, 15) is 0 Å². The molecule has 0 amide bonds. The van der Waals surface area contributed by atoms with Crippen LogP contribution in [-0.2, 0) is 6.54 Å². The minimum atomic E-state index is 0.354. The SMILES string of the molecule is CC(C)(C)C1CCCCC1NCc1ccccc1C#N. The molecule has 1 aliphatic carbocycles. The van der Waals surface area contributed by atoms with E-state index in [0.29, 0.717) is 11.5 Å². The summed E-state index contributed by atoms with van der Waals surface area (Å²) >= 11 is 0. The maximum atomic E-state index is 9.16. The van der Waals surface area contributed by atoms with Gasteiger partial charge in [0.05, 0.1) is 11.6 Å². The van der Waals surface area contributed by atoms with Crippen molar-refractivity contribution in [2.45, 2.75) is 59.0 Å². The Hall–Kier alpha value is -1.33. The highest BCUT2D eigenvalue weighted by atomic mass is 14.9. The third-order valence-electron chi connectivity index (χ3n) is 4.57. The standard InChI is InChI=1S/C18H26N2/c1-18(2,3)16-10-6-7-11-17(16)20-13-15-9-5-4-8-14(15)12-19/h4-5,8-9,16-17,20H,6-7,10-11,13H2,1-3H3. The second-order valence-electron chi connectivity index (χ2n) is 7.01. The zero-order valence-electron chi connectivity index (χ0n) is 12.9. The summed E-state index contributed by atoms with van der Waals surface area (Å²) in [7, 11) is 0. The summed E-state index contributed by atoms with van der Waals surface area (Å²) in [6.45, 7) is 7.85. The van der Waals surface area contributed by atoms with Gasteiger partial charge in [-0.15, -0.1) is 0 Å². The first-order valence-corrected chi connectivity index (χ1v) is 7.74. The fourth-order valence-electron chi connectivity index (χ4n) is 3.44. The topological polar surface area (TPSA) is 35.8 Å². The normalized spacial score (nSPS) is 23.3. The van der Waals surface area contributed by atoms with Crippen LogP contribution in [0, 0.1) is 22.7 Å². The highest BCUT2D eigenvalue weighted by Crippen LogP contribution is 2.38. The Morgan fingerprint density at radius 1 is 1.20 bits per heavy atom. The molecular formula is C18H26N2. The van der Waals surface area contributed by atoms with E-state index in [2.05, 4.69) is 38.2 Å². The van der Waals surface area contributed by atoms with E-state index in [4.69, 9.17) is 5.26 Å². The van der Waals surface area contributed by atoms with Crippen LogP contribution in [0.25, 0.3) is 0 Å². The molecule has 0 aliphatic heterocycles. The Balaban J connectivity index is 2.03. The van der Waals surface area contributed by atoms with Gasteiger partial charge in [-0.3, -0.25) is 0 Å². The fraction of sp³-hybridized carbons (Fsp3) is 0.611. The number of hydrogen-bond donors (Lipinski definition) is 1. The molecule has 1 fully saturated rings. The van der Waals surface area contributed by atoms with Crippen LogP contribution in [0.3, 0.4) is 0 Å². The van der Waals surface area contributed by atoms with E-state index in [-0.39, 0.29) is 0 Å². The number of hydrogen-bond acceptors (Lipinski definition) is 2. The first-order valence-electron chi connectivity index (χ1n) is 7.74. The molecule has 2 unspecified atom stereocenters. The monoisotopic (exact) mass is 270 g/mol. The molecule has 1 aromatic carbocycles. The average Bonchev–Trinajstić information content (AvgIpc) is 2.44. The molecule has 20 heavy (non-hydrogen) atoms. The number of nitrogens with zero attached hydrogens (tertiary/aromatic N) is 1. The summed E-state index contributed by atoms with van der Waals surface area (Å²) in [6, 6.07) is 10.8. The third-order valence-corrected chi connectivity index (χ3v) is 4.57. The largest absolute Gasteiger partial charge is 0.310 e. The van der Waals surface area contributed by atoms with E-state index in [1.807, 2.05) is 18.2 Å². The van der Waals surface area contributed by atoms with Crippen molar-refractivity contribution in [2.24, 2.45) is 11.3 Å². The summed E-state index contributed by atoms with van der Waals surface area (Å²) in [5, 5.41) is 12.9. The first-order chi connectivity index (χ1) is 9.52. The number of nitrogens with one attached hydrogen (secondary N) is 1. The molecule has 1 aliphatic rings. The third kappa shape index (κ3) is 3.61. The molecule has 1 saturated carbocycles. The molecule has 2 atom stereocenters. The lowest BCUT2D eigenvalue weighted by Crippen LogP contribution is -2.44. The van der Waals surface area contributed by atoms with E-state index in [0.717, 1.165) is 23.6 Å². The first kappa shape index (κ1) is 15.1. The summed E-state index contributed by atoms with van der Waals surface area (Å²) in [5.41, 5.74) is 2.27. The summed E-state index contributed by atoms with van der Waals surface area (Å²) in [6.07, 6.45) is 5.26. The van der Waals surface area contributed by atoms with Crippen LogP contribution in [-0.4, -0.2) is 6.04 Å². The molecule has 1 N–H and O–H groups in total. The van der Waals surface area contributed by atoms with Gasteiger partial charge < -0.3 is 5.32 Å². The highest BCUT2D eigenvalue weighted by Gasteiger charge is 2.33. The predicted molar refractivity (Wildman–Crippen MR) is 83.2 cm³/mol. The second-order valence-corrected chi connectivity index (χ2v) is 7.01. The van der Waals surface area contributed by atoms with Crippen molar-refractivity contribution in [1.29, 1.82) is 5.26 Å². The van der Waals surface area contributed by atoms with Crippen LogP contribution >= 0.6 is 0 Å². The van der Waals surface area contributed by atoms with E-state index in [1.165, 1.54) is 25.7 Å². The van der Waals surface area contributed by atoms with Crippen molar-refractivity contribution < 1.29 is 0 Å². The van der Waals surface area contributed by atoms with Gasteiger partial charge in [0.15, 0.2) is 0 Å². The van der Waals surface area contributed by atoms with Gasteiger partial charge in [-0.1, -0.05) is 51.8 Å². The molecule has 0 saturated heterocycles. The molecule has 2 heteroatoms. The second kappa shape index (κ2) is 6.41. The maximum absolute atomic E-state index is 9.16. The van der Waals surface area contributed by atoms with Crippen molar-refractivity contribution in [3.8, 4) is 6.07 Å². The quantitative estimate of drug-likeness (QED) is 0.891. The highest BCUT2D eigenvalue weighted by molar-refractivity contribution is 5.37. The fourth-order valence-corrected chi connectivity index (χ4v) is 3.44. The van der Waals surface area contributed by atoms with Gasteiger partial charge in [-0.2, -0.15) is 5.26 Å². The zero-order chi connectivity index (χ0) is 14.6. The van der Waals surface area contributed by atoms with Gasteiger partial charge in [-0.05, 0) is 35.8 Å². The lowest BCUT2D eigenvalue weighted by molar-refractivity contribution is 0.130. The summed E-state index contributed by atoms with van der Waals surface area (Å²) in [5.74, 6) is 0.727. The lowest BCUT2D eigenvalue weighted by Gasteiger charge is -2.41. The minimum absolute atomic E-state index is 0.354. The molecule has 0 aromatic heterocycles. The van der Waals surface area contributed by atoms with Crippen molar-refractivity contribution in [3.05, 3.63) is 35.4 Å². The van der Waals surface area contributed by atoms with Crippen LogP contribution < -0.4 is 5.32 Å². The molecule has 0 bridgehead atoms. The lowest BCUT2D eigenvalue weighted by atomic mass is 9.69. The average molecular weight is 270 g/mol. The van der Waals surface area contributed by atoms with E-state index in [1.54, 1.807) is 0 Å². The Bertz CT molecular complexity index is 479. The molecule has 1 aromatic rings. The van der Waals surface area contributed by atoms with Gasteiger partial charge in [-0.25, -0.2) is 0 Å². The zero-order valence-corrected chi connectivity index (χ0v) is 12.9. The summed E-state index contributed by atoms with van der Waals surface area (Å²) < 4.78 is 0. The molecule has 0 spiro atoms. The number of rotatable bonds is 3. The minimum Gasteiger partial charge on any atom is -0.310 e. The molecule has 108 valence electrons. The molecule has 2 rings (SSSR count). The van der Waals surface area contributed by atoms with Gasteiger partial charge in [0, 0.05) is 12.6 Å². The molecule has 2 nitrogen and oxygen atoms in total. The van der Waals surface area contributed by atoms with Gasteiger partial charge >= 0.3 is 0 Å². The maximum Gasteiger partial charge on any atom is 0.0995 e. The van der Waals surface area contributed by atoms with Gasteiger partial charge in [0.2, 0.25) is 0 Å². The summed E-state index contributed by atoms with van der Waals surface area (Å²) in [4.78, 5) is 0. The van der Waals surface area contributed by atoms with E-state index >= 15 is 0 Å². The van der Waals surface area contributed by atoms with Crippen LogP contribution in [0.1, 0.15) is 57.6 Å². The molecule has 0 radical (unpaired) electrons. The van der Waals surface area contributed by atoms with Crippen LogP contribution in [0.4, 0.5) is 0 Å². The number of nitriles is 1. The van der Waals surface area contributed by atoms with Crippen molar-refractivity contribution in [1.82, 2.24) is 5.32 Å². The predicted octanol–water partition coefficient (Wildman–Crippen LogP) is 4.25. The van der Waals surface area contributed by atoms with Crippen LogP contribution in [0.2, 0.25) is 0 Å². The Morgan fingerprint density at radius 2 is 1.90 bits per heavy atom. The van der Waals surface area contributed by atoms with Crippen LogP contribution in [0.15, 0.2) is 24.3 Å². The van der Waals surface area contributed by atoms with Gasteiger partial charge in [0.25, 0.3) is 0 Å². The Kier molecular flexibility index (Phi) is 4.83. The Morgan fingerprint density at radius 3 is 2.60 bits per heavy atom. The van der Waals surface area contributed by atoms with Crippen molar-refractivity contribution >= 4 is 0 Å². The van der Waals surface area contributed by atoms with Gasteiger partial charge in [0.1, 0.15) is 0 Å². The van der Waals surface area contributed by atoms with E-state index < -0.39 is 0 Å². The molecule has 0 heterocycles. The van der Waals surface area contributed by atoms with Crippen molar-refractivity contribution in [2.75, 3.05) is 0 Å². The Labute approximate surface area is 123 Å². The number of benzene rings is 1.